The van der Waals surface area contributed by atoms with E-state index in [0.717, 1.165) is 0 Å². The molecule has 48 valence electrons. The van der Waals surface area contributed by atoms with Crippen LogP contribution in [0.3, 0.4) is 0 Å². The summed E-state index contributed by atoms with van der Waals surface area (Å²) in [6, 6.07) is 0. The molecule has 0 saturated carbocycles. The van der Waals surface area contributed by atoms with Gasteiger partial charge in [0.25, 0.3) is 0 Å². The molecule has 0 aliphatic rings. The van der Waals surface area contributed by atoms with Gasteiger partial charge < -0.3 is 5.11 Å². The van der Waals surface area contributed by atoms with Crippen molar-refractivity contribution in [3.05, 3.63) is 0 Å². The van der Waals surface area contributed by atoms with E-state index >= 15 is 0 Å². The molecule has 0 amide bonds. The third-order valence-corrected chi connectivity index (χ3v) is 1.14. The highest BCUT2D eigenvalue weighted by atomic mass is 32.1. The van der Waals surface area contributed by atoms with Gasteiger partial charge in [0.15, 0.2) is 0 Å². The topological polar surface area (TPSA) is 37.3 Å². The number of aliphatic hydroxyl groups is 1. The van der Waals surface area contributed by atoms with Gasteiger partial charge in [-0.15, -0.1) is 0 Å². The molecule has 0 heterocycles. The van der Waals surface area contributed by atoms with Crippen molar-refractivity contribution in [3.8, 4) is 0 Å². The van der Waals surface area contributed by atoms with Gasteiger partial charge in [0, 0.05) is 18.8 Å². The molecule has 0 fully saturated rings. The number of carbonyl (C=O) groups excluding carboxylic acids is 1. The minimum atomic E-state index is 0.0967. The molecule has 0 aromatic heterocycles. The van der Waals surface area contributed by atoms with E-state index in [4.69, 9.17) is 5.11 Å². The first-order chi connectivity index (χ1) is 3.81. The molecule has 2 nitrogen and oxygen atoms in total. The summed E-state index contributed by atoms with van der Waals surface area (Å²) in [6.45, 7) is 0.0967. The number of rotatable bonds is 4. The Morgan fingerprint density at radius 1 is 1.62 bits per heavy atom. The van der Waals surface area contributed by atoms with Gasteiger partial charge in [0.05, 0.1) is 0 Å². The lowest BCUT2D eigenvalue weighted by Crippen LogP contribution is -1.99. The summed E-state index contributed by atoms with van der Waals surface area (Å²) in [6.07, 6.45) is 1.03. The Labute approximate surface area is 54.3 Å². The summed E-state index contributed by atoms with van der Waals surface area (Å²) in [4.78, 5) is 10.4. The van der Waals surface area contributed by atoms with E-state index in [2.05, 4.69) is 12.6 Å². The van der Waals surface area contributed by atoms with Crippen LogP contribution in [-0.2, 0) is 4.79 Å². The summed E-state index contributed by atoms with van der Waals surface area (Å²) in [5, 5.41) is 8.23. The molecule has 0 aliphatic heterocycles. The Morgan fingerprint density at radius 3 is 2.62 bits per heavy atom. The highest BCUT2D eigenvalue weighted by Crippen LogP contribution is 1.90. The first-order valence-electron chi connectivity index (χ1n) is 2.54. The summed E-state index contributed by atoms with van der Waals surface area (Å²) < 4.78 is 0. The number of ketones is 1. The maximum atomic E-state index is 10.4. The summed E-state index contributed by atoms with van der Waals surface area (Å²) in [5.41, 5.74) is 0. The Hall–Kier alpha value is -0.0200. The van der Waals surface area contributed by atoms with E-state index in [9.17, 15) is 4.79 Å². The van der Waals surface area contributed by atoms with Gasteiger partial charge in [-0.3, -0.25) is 4.79 Å². The van der Waals surface area contributed by atoms with Crippen LogP contribution >= 0.6 is 12.6 Å². The maximum absolute atomic E-state index is 10.4. The standard InChI is InChI=1S/C5H10O2S/c6-3-1-2-5(7)4-8/h6,8H,1-4H2. The average molecular weight is 134 g/mol. The first-order valence-corrected chi connectivity index (χ1v) is 3.18. The van der Waals surface area contributed by atoms with E-state index in [1.54, 1.807) is 0 Å². The highest BCUT2D eigenvalue weighted by Gasteiger charge is 1.94. The van der Waals surface area contributed by atoms with Crippen LogP contribution in [-0.4, -0.2) is 23.2 Å². The van der Waals surface area contributed by atoms with E-state index in [1.807, 2.05) is 0 Å². The van der Waals surface area contributed by atoms with Crippen molar-refractivity contribution in [2.45, 2.75) is 12.8 Å². The number of hydrogen-bond acceptors (Lipinski definition) is 3. The lowest BCUT2D eigenvalue weighted by atomic mass is 10.2. The van der Waals surface area contributed by atoms with Crippen LogP contribution in [0.2, 0.25) is 0 Å². The fourth-order valence-corrected chi connectivity index (χ4v) is 0.513. The molecule has 0 unspecified atom stereocenters. The monoisotopic (exact) mass is 134 g/mol. The fraction of sp³-hybridized carbons (Fsp3) is 0.800. The van der Waals surface area contributed by atoms with Crippen LogP contribution in [0.5, 0.6) is 0 Å². The third kappa shape index (κ3) is 4.15. The number of hydrogen-bond donors (Lipinski definition) is 2. The second kappa shape index (κ2) is 5.12. The normalized spacial score (nSPS) is 9.25. The molecule has 0 aromatic carbocycles. The molecule has 3 heteroatoms. The Kier molecular flexibility index (Phi) is 5.11. The Balaban J connectivity index is 2.99. The van der Waals surface area contributed by atoms with Crippen molar-refractivity contribution in [2.75, 3.05) is 12.4 Å². The van der Waals surface area contributed by atoms with Crippen molar-refractivity contribution in [2.24, 2.45) is 0 Å². The van der Waals surface area contributed by atoms with E-state index in [-0.39, 0.29) is 12.4 Å². The lowest BCUT2D eigenvalue weighted by Gasteiger charge is -1.90. The zero-order valence-electron chi connectivity index (χ0n) is 4.63. The fourth-order valence-electron chi connectivity index (χ4n) is 0.355. The minimum absolute atomic E-state index is 0.0967. The van der Waals surface area contributed by atoms with Gasteiger partial charge in [-0.1, -0.05) is 0 Å². The van der Waals surface area contributed by atoms with Crippen LogP contribution < -0.4 is 0 Å². The number of Topliss-reactive ketones (excluding diaryl/α,β-unsaturated/α-hetero) is 1. The summed E-state index contributed by atoms with van der Waals surface area (Å²) >= 11 is 3.76. The molecule has 0 radical (unpaired) electrons. The lowest BCUT2D eigenvalue weighted by molar-refractivity contribution is -0.116. The van der Waals surface area contributed by atoms with Gasteiger partial charge in [-0.25, -0.2) is 0 Å². The minimum Gasteiger partial charge on any atom is -0.396 e. The predicted molar refractivity (Wildman–Crippen MR) is 35.2 cm³/mol. The van der Waals surface area contributed by atoms with Crippen LogP contribution in [0.25, 0.3) is 0 Å². The van der Waals surface area contributed by atoms with Crippen LogP contribution in [0.15, 0.2) is 0 Å². The van der Waals surface area contributed by atoms with Crippen molar-refractivity contribution >= 4 is 18.4 Å². The van der Waals surface area contributed by atoms with Crippen LogP contribution in [0, 0.1) is 0 Å². The van der Waals surface area contributed by atoms with Crippen molar-refractivity contribution in [1.29, 1.82) is 0 Å². The molecule has 0 bridgehead atoms. The smallest absolute Gasteiger partial charge is 0.142 e. The molecule has 0 saturated heterocycles. The molecule has 0 rings (SSSR count). The van der Waals surface area contributed by atoms with E-state index < -0.39 is 0 Å². The van der Waals surface area contributed by atoms with Crippen molar-refractivity contribution < 1.29 is 9.90 Å². The summed E-state index contributed by atoms with van der Waals surface area (Å²) in [7, 11) is 0. The molecular formula is C5H10O2S. The average Bonchev–Trinajstić information content (AvgIpc) is 1.83. The van der Waals surface area contributed by atoms with E-state index in [1.165, 1.54) is 0 Å². The largest absolute Gasteiger partial charge is 0.396 e. The second-order valence-corrected chi connectivity index (χ2v) is 1.84. The highest BCUT2D eigenvalue weighted by molar-refractivity contribution is 7.81. The van der Waals surface area contributed by atoms with Gasteiger partial charge >= 0.3 is 0 Å². The second-order valence-electron chi connectivity index (χ2n) is 1.52. The van der Waals surface area contributed by atoms with Crippen LogP contribution in [0.1, 0.15) is 12.8 Å². The zero-order valence-corrected chi connectivity index (χ0v) is 5.53. The third-order valence-electron chi connectivity index (χ3n) is 0.790. The van der Waals surface area contributed by atoms with E-state index in [0.29, 0.717) is 18.6 Å². The molecule has 1 N–H and O–H groups in total. The van der Waals surface area contributed by atoms with Crippen LogP contribution in [0.4, 0.5) is 0 Å². The molecule has 0 atom stereocenters. The maximum Gasteiger partial charge on any atom is 0.142 e. The van der Waals surface area contributed by atoms with Crippen molar-refractivity contribution in [3.63, 3.8) is 0 Å². The summed E-state index contributed by atoms with van der Waals surface area (Å²) in [5.74, 6) is 0.391. The van der Waals surface area contributed by atoms with Gasteiger partial charge in [-0.2, -0.15) is 12.6 Å². The SMILES string of the molecule is O=C(CS)CCCO. The molecule has 8 heavy (non-hydrogen) atoms. The Morgan fingerprint density at radius 2 is 2.25 bits per heavy atom. The molecule has 0 aromatic rings. The van der Waals surface area contributed by atoms with Gasteiger partial charge in [-0.05, 0) is 6.42 Å². The first kappa shape index (κ1) is 7.98. The predicted octanol–water partition coefficient (Wildman–Crippen LogP) is 0.258. The van der Waals surface area contributed by atoms with Gasteiger partial charge in [0.2, 0.25) is 0 Å². The number of carbonyl (C=O) groups is 1. The zero-order chi connectivity index (χ0) is 6.41. The van der Waals surface area contributed by atoms with Gasteiger partial charge in [0.1, 0.15) is 5.78 Å². The number of thiol groups is 1. The Bertz CT molecular complexity index is 72.8. The quantitative estimate of drug-likeness (QED) is 0.541. The van der Waals surface area contributed by atoms with Crippen molar-refractivity contribution in [1.82, 2.24) is 0 Å². The number of aliphatic hydroxyl groups excluding tert-OH is 1. The molecule has 0 spiro atoms. The molecule has 0 aliphatic carbocycles. The molecular weight excluding hydrogens is 124 g/mol.